The highest BCUT2D eigenvalue weighted by Gasteiger charge is 2.23. The van der Waals surface area contributed by atoms with E-state index in [0.717, 1.165) is 55.3 Å². The number of rotatable bonds is 3. The molecule has 5 nitrogen and oxygen atoms in total. The minimum atomic E-state index is -0.138. The molecule has 3 rings (SSSR count). The average molecular weight is 299 g/mol. The SMILES string of the molecule is Cc1nc2ccccc2nc1N1CCN(CC(C)(C)N)CC1. The average Bonchev–Trinajstić information content (AvgIpc) is 2.46. The number of aryl methyl sites for hydroxylation is 1. The van der Waals surface area contributed by atoms with E-state index >= 15 is 0 Å². The van der Waals surface area contributed by atoms with Gasteiger partial charge in [-0.2, -0.15) is 0 Å². The van der Waals surface area contributed by atoms with Crippen LogP contribution in [0.25, 0.3) is 11.0 Å². The third kappa shape index (κ3) is 3.36. The molecule has 1 fully saturated rings. The first-order chi connectivity index (χ1) is 10.4. The van der Waals surface area contributed by atoms with Crippen molar-refractivity contribution < 1.29 is 0 Å². The van der Waals surface area contributed by atoms with Crippen molar-refractivity contribution in [2.45, 2.75) is 26.3 Å². The summed E-state index contributed by atoms with van der Waals surface area (Å²) < 4.78 is 0. The van der Waals surface area contributed by atoms with Crippen LogP contribution in [-0.2, 0) is 0 Å². The van der Waals surface area contributed by atoms with Crippen LogP contribution < -0.4 is 10.6 Å². The van der Waals surface area contributed by atoms with Gasteiger partial charge in [0.15, 0.2) is 5.82 Å². The zero-order chi connectivity index (χ0) is 15.7. The summed E-state index contributed by atoms with van der Waals surface area (Å²) in [5.74, 6) is 1.02. The zero-order valence-electron chi connectivity index (χ0n) is 13.7. The van der Waals surface area contributed by atoms with E-state index in [0.29, 0.717) is 0 Å². The normalized spacial score (nSPS) is 17.2. The molecule has 0 radical (unpaired) electrons. The number of nitrogens with zero attached hydrogens (tertiary/aromatic N) is 4. The molecule has 0 unspecified atom stereocenters. The van der Waals surface area contributed by atoms with E-state index in [9.17, 15) is 0 Å². The van der Waals surface area contributed by atoms with Crippen LogP contribution in [0.4, 0.5) is 5.82 Å². The van der Waals surface area contributed by atoms with Crippen LogP contribution in [0.5, 0.6) is 0 Å². The fraction of sp³-hybridized carbons (Fsp3) is 0.529. The lowest BCUT2D eigenvalue weighted by Crippen LogP contribution is -2.53. The fourth-order valence-corrected chi connectivity index (χ4v) is 3.07. The Balaban J connectivity index is 1.75. The molecule has 0 spiro atoms. The highest BCUT2D eigenvalue weighted by atomic mass is 15.3. The first-order valence-corrected chi connectivity index (χ1v) is 7.92. The summed E-state index contributed by atoms with van der Waals surface area (Å²) in [5, 5.41) is 0. The number of fused-ring (bicyclic) bond motifs is 1. The topological polar surface area (TPSA) is 58.3 Å². The molecule has 0 bridgehead atoms. The van der Waals surface area contributed by atoms with Crippen molar-refractivity contribution >= 4 is 16.9 Å². The molecular weight excluding hydrogens is 274 g/mol. The summed E-state index contributed by atoms with van der Waals surface area (Å²) in [7, 11) is 0. The molecule has 22 heavy (non-hydrogen) atoms. The van der Waals surface area contributed by atoms with Crippen LogP contribution in [0.1, 0.15) is 19.5 Å². The van der Waals surface area contributed by atoms with Crippen molar-refractivity contribution in [3.8, 4) is 0 Å². The number of piperazine rings is 1. The number of para-hydroxylation sites is 2. The van der Waals surface area contributed by atoms with E-state index in [1.807, 2.05) is 31.2 Å². The monoisotopic (exact) mass is 299 g/mol. The maximum atomic E-state index is 6.12. The zero-order valence-corrected chi connectivity index (χ0v) is 13.7. The predicted molar refractivity (Wildman–Crippen MR) is 91.2 cm³/mol. The molecule has 118 valence electrons. The molecular formula is C17H25N5. The highest BCUT2D eigenvalue weighted by Crippen LogP contribution is 2.21. The van der Waals surface area contributed by atoms with Crippen LogP contribution >= 0.6 is 0 Å². The highest BCUT2D eigenvalue weighted by molar-refractivity contribution is 5.76. The molecule has 0 saturated carbocycles. The molecule has 1 aromatic carbocycles. The summed E-state index contributed by atoms with van der Waals surface area (Å²) in [6, 6.07) is 8.06. The quantitative estimate of drug-likeness (QED) is 0.936. The van der Waals surface area contributed by atoms with Gasteiger partial charge in [0.25, 0.3) is 0 Å². The predicted octanol–water partition coefficient (Wildman–Crippen LogP) is 1.80. The standard InChI is InChI=1S/C17H25N5/c1-13-16(20-15-7-5-4-6-14(15)19-13)22-10-8-21(9-11-22)12-17(2,3)18/h4-7H,8-12,18H2,1-3H3. The fourth-order valence-electron chi connectivity index (χ4n) is 3.07. The van der Waals surface area contributed by atoms with E-state index < -0.39 is 0 Å². The molecule has 2 aromatic rings. The number of aromatic nitrogens is 2. The second-order valence-corrected chi connectivity index (χ2v) is 6.87. The van der Waals surface area contributed by atoms with Crippen molar-refractivity contribution in [2.75, 3.05) is 37.6 Å². The van der Waals surface area contributed by atoms with E-state index in [-0.39, 0.29) is 5.54 Å². The van der Waals surface area contributed by atoms with Crippen molar-refractivity contribution in [2.24, 2.45) is 5.73 Å². The summed E-state index contributed by atoms with van der Waals surface area (Å²) >= 11 is 0. The van der Waals surface area contributed by atoms with Gasteiger partial charge in [-0.05, 0) is 32.9 Å². The van der Waals surface area contributed by atoms with E-state index in [4.69, 9.17) is 15.7 Å². The summed E-state index contributed by atoms with van der Waals surface area (Å²) in [6.07, 6.45) is 0. The second kappa shape index (κ2) is 5.82. The summed E-state index contributed by atoms with van der Waals surface area (Å²) in [5.41, 5.74) is 8.92. The number of hydrogen-bond acceptors (Lipinski definition) is 5. The number of anilines is 1. The maximum Gasteiger partial charge on any atom is 0.150 e. The lowest BCUT2D eigenvalue weighted by Gasteiger charge is -2.38. The van der Waals surface area contributed by atoms with Gasteiger partial charge in [-0.25, -0.2) is 9.97 Å². The molecule has 0 atom stereocenters. The van der Waals surface area contributed by atoms with Gasteiger partial charge in [0.2, 0.25) is 0 Å². The van der Waals surface area contributed by atoms with Gasteiger partial charge >= 0.3 is 0 Å². The Hall–Kier alpha value is -1.72. The van der Waals surface area contributed by atoms with Crippen molar-refractivity contribution in [3.63, 3.8) is 0 Å². The number of hydrogen-bond donors (Lipinski definition) is 1. The smallest absolute Gasteiger partial charge is 0.150 e. The van der Waals surface area contributed by atoms with Gasteiger partial charge < -0.3 is 10.6 Å². The third-order valence-electron chi connectivity index (χ3n) is 4.02. The van der Waals surface area contributed by atoms with Gasteiger partial charge in [0.05, 0.1) is 16.7 Å². The van der Waals surface area contributed by atoms with Crippen LogP contribution in [0.2, 0.25) is 0 Å². The largest absolute Gasteiger partial charge is 0.353 e. The van der Waals surface area contributed by atoms with Gasteiger partial charge in [0, 0.05) is 38.3 Å². The van der Waals surface area contributed by atoms with Crippen molar-refractivity contribution in [1.29, 1.82) is 0 Å². The van der Waals surface area contributed by atoms with Crippen molar-refractivity contribution in [1.82, 2.24) is 14.9 Å². The molecule has 0 aliphatic carbocycles. The van der Waals surface area contributed by atoms with E-state index in [1.165, 1.54) is 0 Å². The molecule has 1 aromatic heterocycles. The van der Waals surface area contributed by atoms with Crippen LogP contribution in [0, 0.1) is 6.92 Å². The lowest BCUT2D eigenvalue weighted by atomic mass is 10.1. The van der Waals surface area contributed by atoms with Gasteiger partial charge in [-0.1, -0.05) is 12.1 Å². The maximum absolute atomic E-state index is 6.12. The summed E-state index contributed by atoms with van der Waals surface area (Å²) in [4.78, 5) is 14.3. The van der Waals surface area contributed by atoms with Gasteiger partial charge in [0.1, 0.15) is 0 Å². The Kier molecular flexibility index (Phi) is 4.02. The Morgan fingerprint density at radius 2 is 1.64 bits per heavy atom. The first kappa shape index (κ1) is 15.2. The second-order valence-electron chi connectivity index (χ2n) is 6.87. The molecule has 5 heteroatoms. The minimum Gasteiger partial charge on any atom is -0.353 e. The Labute approximate surface area is 132 Å². The molecule has 1 aliphatic heterocycles. The number of nitrogens with two attached hydrogens (primary N) is 1. The molecule has 0 amide bonds. The first-order valence-electron chi connectivity index (χ1n) is 7.92. The Morgan fingerprint density at radius 3 is 2.23 bits per heavy atom. The minimum absolute atomic E-state index is 0.138. The molecule has 2 N–H and O–H groups in total. The van der Waals surface area contributed by atoms with Crippen molar-refractivity contribution in [3.05, 3.63) is 30.0 Å². The number of benzene rings is 1. The Morgan fingerprint density at radius 1 is 1.05 bits per heavy atom. The molecule has 1 aliphatic rings. The van der Waals surface area contributed by atoms with Crippen LogP contribution in [0.15, 0.2) is 24.3 Å². The van der Waals surface area contributed by atoms with Crippen LogP contribution in [-0.4, -0.2) is 53.1 Å². The summed E-state index contributed by atoms with van der Waals surface area (Å²) in [6.45, 7) is 11.1. The van der Waals surface area contributed by atoms with Gasteiger partial charge in [-0.3, -0.25) is 4.90 Å². The van der Waals surface area contributed by atoms with E-state index in [2.05, 4.69) is 23.6 Å². The Bertz CT molecular complexity index is 654. The molecule has 1 saturated heterocycles. The van der Waals surface area contributed by atoms with E-state index in [1.54, 1.807) is 0 Å². The van der Waals surface area contributed by atoms with Crippen LogP contribution in [0.3, 0.4) is 0 Å². The lowest BCUT2D eigenvalue weighted by molar-refractivity contribution is 0.214. The third-order valence-corrected chi connectivity index (χ3v) is 4.02. The van der Waals surface area contributed by atoms with Gasteiger partial charge in [-0.15, -0.1) is 0 Å². The molecule has 2 heterocycles.